The predicted molar refractivity (Wildman–Crippen MR) is 74.6 cm³/mol. The highest BCUT2D eigenvalue weighted by Gasteiger charge is 2.34. The largest absolute Gasteiger partial charge is 0.480 e. The van der Waals surface area contributed by atoms with Crippen LogP contribution in [0.3, 0.4) is 0 Å². The van der Waals surface area contributed by atoms with E-state index >= 15 is 0 Å². The highest BCUT2D eigenvalue weighted by molar-refractivity contribution is 7.98. The number of likely N-dealkylation sites (tertiary alicyclic amines) is 1. The minimum absolute atomic E-state index is 0.341. The lowest BCUT2D eigenvalue weighted by atomic mass is 10.2. The summed E-state index contributed by atoms with van der Waals surface area (Å²) < 4.78 is 0. The molecule has 1 aliphatic heterocycles. The molecule has 2 rings (SSSR count). The van der Waals surface area contributed by atoms with Gasteiger partial charge >= 0.3 is 12.0 Å². The molecule has 1 fully saturated rings. The molecule has 19 heavy (non-hydrogen) atoms. The van der Waals surface area contributed by atoms with Crippen LogP contribution in [0.2, 0.25) is 0 Å². The third-order valence-corrected chi connectivity index (χ3v) is 3.94. The topological polar surface area (TPSA) is 69.6 Å². The maximum atomic E-state index is 12.1. The Morgan fingerprint density at radius 2 is 2.16 bits per heavy atom. The van der Waals surface area contributed by atoms with Gasteiger partial charge in [0.15, 0.2) is 0 Å². The minimum atomic E-state index is -0.939. The maximum Gasteiger partial charge on any atom is 0.326 e. The highest BCUT2D eigenvalue weighted by atomic mass is 32.2. The van der Waals surface area contributed by atoms with Crippen molar-refractivity contribution in [2.75, 3.05) is 18.1 Å². The number of hydrogen-bond donors (Lipinski definition) is 2. The molecule has 1 atom stereocenters. The summed E-state index contributed by atoms with van der Waals surface area (Å²) in [4.78, 5) is 25.6. The number of amides is 2. The number of thioether (sulfide) groups is 1. The number of urea groups is 1. The van der Waals surface area contributed by atoms with E-state index in [2.05, 4.69) is 5.32 Å². The van der Waals surface area contributed by atoms with E-state index < -0.39 is 12.0 Å². The van der Waals surface area contributed by atoms with E-state index in [4.69, 9.17) is 5.11 Å². The Balaban J connectivity index is 2.10. The van der Waals surface area contributed by atoms with Crippen LogP contribution in [0, 0.1) is 0 Å². The van der Waals surface area contributed by atoms with Gasteiger partial charge in [-0.05, 0) is 31.2 Å². The van der Waals surface area contributed by atoms with Gasteiger partial charge in [0.05, 0.1) is 5.69 Å². The molecule has 1 aromatic carbocycles. The zero-order valence-corrected chi connectivity index (χ0v) is 11.4. The molecule has 0 bridgehead atoms. The van der Waals surface area contributed by atoms with Crippen molar-refractivity contribution in [1.82, 2.24) is 4.90 Å². The van der Waals surface area contributed by atoms with Crippen molar-refractivity contribution in [3.63, 3.8) is 0 Å². The number of rotatable bonds is 3. The Morgan fingerprint density at radius 3 is 2.84 bits per heavy atom. The van der Waals surface area contributed by atoms with Crippen LogP contribution in [0.5, 0.6) is 0 Å². The zero-order chi connectivity index (χ0) is 13.8. The lowest BCUT2D eigenvalue weighted by molar-refractivity contribution is -0.141. The van der Waals surface area contributed by atoms with Crippen LogP contribution in [0.15, 0.2) is 29.2 Å². The fraction of sp³-hybridized carbons (Fsp3) is 0.385. The predicted octanol–water partition coefficient (Wildman–Crippen LogP) is 2.49. The summed E-state index contributed by atoms with van der Waals surface area (Å²) in [5.41, 5.74) is 0.719. The molecule has 2 amide bonds. The Hall–Kier alpha value is -1.69. The molecule has 0 saturated carbocycles. The van der Waals surface area contributed by atoms with Crippen LogP contribution in [0.25, 0.3) is 0 Å². The van der Waals surface area contributed by atoms with Gasteiger partial charge in [-0.3, -0.25) is 0 Å². The maximum absolute atomic E-state index is 12.1. The summed E-state index contributed by atoms with van der Waals surface area (Å²) in [6.45, 7) is 0.490. The standard InChI is InChI=1S/C13H16N2O3S/c1-19-11-7-3-2-5-9(11)14-13(18)15-8-4-6-10(15)12(16)17/h2-3,5,7,10H,4,6,8H2,1H3,(H,14,18)(H,16,17)/t10-/m0/s1. The molecule has 1 aromatic rings. The van der Waals surface area contributed by atoms with Crippen LogP contribution in [0.1, 0.15) is 12.8 Å². The monoisotopic (exact) mass is 280 g/mol. The molecular formula is C13H16N2O3S. The first-order valence-corrected chi connectivity index (χ1v) is 7.29. The van der Waals surface area contributed by atoms with E-state index in [9.17, 15) is 9.59 Å². The molecule has 1 aliphatic rings. The summed E-state index contributed by atoms with van der Waals surface area (Å²) in [6, 6.07) is 6.42. The van der Waals surface area contributed by atoms with E-state index in [0.29, 0.717) is 13.0 Å². The molecule has 6 heteroatoms. The summed E-state index contributed by atoms with van der Waals surface area (Å²) in [5, 5.41) is 11.9. The van der Waals surface area contributed by atoms with E-state index in [1.165, 1.54) is 16.7 Å². The lowest BCUT2D eigenvalue weighted by Gasteiger charge is -2.22. The van der Waals surface area contributed by atoms with E-state index in [0.717, 1.165) is 17.0 Å². The normalized spacial score (nSPS) is 18.4. The summed E-state index contributed by atoms with van der Waals surface area (Å²) in [5.74, 6) is -0.939. The summed E-state index contributed by atoms with van der Waals surface area (Å²) in [7, 11) is 0. The van der Waals surface area contributed by atoms with Crippen LogP contribution in [-0.4, -0.2) is 40.8 Å². The first-order valence-electron chi connectivity index (χ1n) is 6.07. The Kier molecular flexibility index (Phi) is 4.31. The molecule has 1 saturated heterocycles. The van der Waals surface area contributed by atoms with Gasteiger partial charge in [0.2, 0.25) is 0 Å². The van der Waals surface area contributed by atoms with E-state index in [-0.39, 0.29) is 6.03 Å². The zero-order valence-electron chi connectivity index (χ0n) is 10.6. The quantitative estimate of drug-likeness (QED) is 0.835. The van der Waals surface area contributed by atoms with Gasteiger partial charge in [-0.1, -0.05) is 12.1 Å². The molecule has 0 radical (unpaired) electrons. The Morgan fingerprint density at radius 1 is 1.42 bits per heavy atom. The SMILES string of the molecule is CSc1ccccc1NC(=O)N1CCC[C@H]1C(=O)O. The number of carbonyl (C=O) groups excluding carboxylic acids is 1. The van der Waals surface area contributed by atoms with Crippen molar-refractivity contribution < 1.29 is 14.7 Å². The first-order chi connectivity index (χ1) is 9.13. The van der Waals surface area contributed by atoms with Gasteiger partial charge < -0.3 is 15.3 Å². The van der Waals surface area contributed by atoms with Crippen molar-refractivity contribution in [1.29, 1.82) is 0 Å². The molecule has 0 aromatic heterocycles. The third-order valence-electron chi connectivity index (χ3n) is 3.15. The number of para-hydroxylation sites is 1. The fourth-order valence-corrected chi connectivity index (χ4v) is 2.76. The third kappa shape index (κ3) is 3.01. The second kappa shape index (κ2) is 5.97. The number of nitrogens with zero attached hydrogens (tertiary/aromatic N) is 1. The number of anilines is 1. The van der Waals surface area contributed by atoms with Crippen molar-refractivity contribution in [3.05, 3.63) is 24.3 Å². The molecule has 2 N–H and O–H groups in total. The highest BCUT2D eigenvalue weighted by Crippen LogP contribution is 2.26. The number of carboxylic acid groups (broad SMARTS) is 1. The van der Waals surface area contributed by atoms with Gasteiger partial charge in [-0.2, -0.15) is 0 Å². The van der Waals surface area contributed by atoms with E-state index in [1.807, 2.05) is 30.5 Å². The van der Waals surface area contributed by atoms with Crippen molar-refractivity contribution >= 4 is 29.4 Å². The molecule has 0 aliphatic carbocycles. The van der Waals surface area contributed by atoms with Gasteiger partial charge in [0.25, 0.3) is 0 Å². The van der Waals surface area contributed by atoms with E-state index in [1.54, 1.807) is 0 Å². The molecule has 102 valence electrons. The Labute approximate surface area is 116 Å². The Bertz CT molecular complexity index is 493. The molecule has 5 nitrogen and oxygen atoms in total. The smallest absolute Gasteiger partial charge is 0.326 e. The molecule has 1 heterocycles. The molecular weight excluding hydrogens is 264 g/mol. The average Bonchev–Trinajstić information content (AvgIpc) is 2.88. The summed E-state index contributed by atoms with van der Waals surface area (Å²) in [6.07, 6.45) is 3.18. The number of aliphatic carboxylic acids is 1. The lowest BCUT2D eigenvalue weighted by Crippen LogP contribution is -2.42. The van der Waals surface area contributed by atoms with Crippen LogP contribution in [-0.2, 0) is 4.79 Å². The van der Waals surface area contributed by atoms with Crippen LogP contribution < -0.4 is 5.32 Å². The summed E-state index contributed by atoms with van der Waals surface area (Å²) >= 11 is 1.54. The van der Waals surface area contributed by atoms with Crippen LogP contribution >= 0.6 is 11.8 Å². The fourth-order valence-electron chi connectivity index (χ4n) is 2.20. The first kappa shape index (κ1) is 13.7. The number of hydrogen-bond acceptors (Lipinski definition) is 3. The van der Waals surface area contributed by atoms with Crippen LogP contribution in [0.4, 0.5) is 10.5 Å². The number of carbonyl (C=O) groups is 2. The number of carboxylic acids is 1. The second-order valence-electron chi connectivity index (χ2n) is 4.32. The number of benzene rings is 1. The minimum Gasteiger partial charge on any atom is -0.480 e. The van der Waals surface area contributed by atoms with Crippen molar-refractivity contribution in [3.8, 4) is 0 Å². The van der Waals surface area contributed by atoms with Crippen molar-refractivity contribution in [2.24, 2.45) is 0 Å². The second-order valence-corrected chi connectivity index (χ2v) is 5.17. The van der Waals surface area contributed by atoms with Gasteiger partial charge in [0, 0.05) is 11.4 Å². The van der Waals surface area contributed by atoms with Crippen molar-refractivity contribution in [2.45, 2.75) is 23.8 Å². The van der Waals surface area contributed by atoms with Gasteiger partial charge in [0.1, 0.15) is 6.04 Å². The average molecular weight is 280 g/mol. The molecule has 0 spiro atoms. The number of nitrogens with one attached hydrogen (secondary N) is 1. The van der Waals surface area contributed by atoms with Gasteiger partial charge in [-0.15, -0.1) is 11.8 Å². The van der Waals surface area contributed by atoms with Gasteiger partial charge in [-0.25, -0.2) is 9.59 Å². The molecule has 0 unspecified atom stereocenters.